The van der Waals surface area contributed by atoms with Crippen molar-refractivity contribution in [1.82, 2.24) is 0 Å². The summed E-state index contributed by atoms with van der Waals surface area (Å²) in [5, 5.41) is 2.63. The maximum Gasteiger partial charge on any atom is 0.209 e. The summed E-state index contributed by atoms with van der Waals surface area (Å²) in [6, 6.07) is 20.2. The van der Waals surface area contributed by atoms with Gasteiger partial charge in [0, 0.05) is 48.0 Å². The van der Waals surface area contributed by atoms with Gasteiger partial charge in [-0.05, 0) is 68.7 Å². The number of hydrogen-bond acceptors (Lipinski definition) is 1. The Bertz CT molecular complexity index is 1450. The smallest absolute Gasteiger partial charge is 0.209 e. The van der Waals surface area contributed by atoms with E-state index >= 15 is 0 Å². The second kappa shape index (κ2) is 8.92. The highest BCUT2D eigenvalue weighted by molar-refractivity contribution is 6.03. The molecule has 0 fully saturated rings. The molecular formula is C34H39N2+. The number of allylic oxidation sites excluding steroid dienone is 5. The summed E-state index contributed by atoms with van der Waals surface area (Å²) >= 11 is 0. The second-order valence-electron chi connectivity index (χ2n) is 11.2. The van der Waals surface area contributed by atoms with Crippen LogP contribution in [0.1, 0.15) is 57.2 Å². The van der Waals surface area contributed by atoms with E-state index in [9.17, 15) is 0 Å². The predicted molar refractivity (Wildman–Crippen MR) is 156 cm³/mol. The molecule has 0 N–H and O–H groups in total. The van der Waals surface area contributed by atoms with Crippen LogP contribution in [0.4, 0.5) is 11.4 Å². The average molecular weight is 476 g/mol. The molecule has 2 aliphatic heterocycles. The van der Waals surface area contributed by atoms with Crippen molar-refractivity contribution in [2.75, 3.05) is 18.5 Å². The third kappa shape index (κ3) is 3.58. The van der Waals surface area contributed by atoms with E-state index in [1.807, 2.05) is 0 Å². The maximum absolute atomic E-state index is 4.13. The van der Waals surface area contributed by atoms with Gasteiger partial charge in [0.25, 0.3) is 0 Å². The van der Waals surface area contributed by atoms with Gasteiger partial charge in [0.2, 0.25) is 5.69 Å². The van der Waals surface area contributed by atoms with Crippen molar-refractivity contribution in [2.45, 2.75) is 58.3 Å². The van der Waals surface area contributed by atoms with Crippen LogP contribution in [0.2, 0.25) is 0 Å². The topological polar surface area (TPSA) is 6.25 Å². The lowest BCUT2D eigenvalue weighted by atomic mass is 9.76. The lowest BCUT2D eigenvalue weighted by Crippen LogP contribution is -2.28. The number of hydrogen-bond donors (Lipinski definition) is 0. The van der Waals surface area contributed by atoms with Crippen LogP contribution in [0.3, 0.4) is 0 Å². The fourth-order valence-corrected chi connectivity index (χ4v) is 6.52. The molecule has 184 valence electrons. The Labute approximate surface area is 217 Å². The minimum absolute atomic E-state index is 0.0311. The Kier molecular flexibility index (Phi) is 6.03. The summed E-state index contributed by atoms with van der Waals surface area (Å²) in [6.07, 6.45) is 11.0. The van der Waals surface area contributed by atoms with Gasteiger partial charge >= 0.3 is 0 Å². The van der Waals surface area contributed by atoms with Gasteiger partial charge in [0.1, 0.15) is 6.54 Å². The van der Waals surface area contributed by atoms with Gasteiger partial charge in [-0.1, -0.05) is 61.0 Å². The zero-order chi connectivity index (χ0) is 25.7. The van der Waals surface area contributed by atoms with E-state index in [1.54, 1.807) is 0 Å². The third-order valence-electron chi connectivity index (χ3n) is 8.30. The van der Waals surface area contributed by atoms with Gasteiger partial charge in [-0.15, -0.1) is 6.58 Å². The van der Waals surface area contributed by atoms with E-state index in [0.717, 1.165) is 19.4 Å². The van der Waals surface area contributed by atoms with Crippen LogP contribution >= 0.6 is 0 Å². The standard InChI is InChI=1S/C34H39N2/c1-8-21-34(6)31(35(7)29-20-18-25-13-10-11-14-26(25)32(29)34)16-12-15-30-33(4,5)27-23-24(3)17-19-28(27)36(30)22-9-2/h8,10-20,23H,1,9,21-22H2,2-7H3/q+1. The first-order valence-corrected chi connectivity index (χ1v) is 13.3. The quantitative estimate of drug-likeness (QED) is 0.256. The van der Waals surface area contributed by atoms with Crippen molar-refractivity contribution in [3.63, 3.8) is 0 Å². The lowest BCUT2D eigenvalue weighted by molar-refractivity contribution is -0.437. The SMILES string of the molecule is C=CCC1(C)/C(=C\C=C\C2=[N+](CCC)c3ccc(C)cc3C2(C)C)N(C)c2ccc3ccccc3c21. The average Bonchev–Trinajstić information content (AvgIpc) is 3.19. The molecule has 1 unspecified atom stereocenters. The predicted octanol–water partition coefficient (Wildman–Crippen LogP) is 8.36. The fraction of sp³-hybridized carbons (Fsp3) is 0.324. The molecule has 0 aliphatic carbocycles. The zero-order valence-corrected chi connectivity index (χ0v) is 22.7. The highest BCUT2D eigenvalue weighted by atomic mass is 15.2. The lowest BCUT2D eigenvalue weighted by Gasteiger charge is -2.28. The van der Waals surface area contributed by atoms with E-state index in [2.05, 4.69) is 137 Å². The molecule has 2 aliphatic rings. The number of rotatable bonds is 6. The largest absolute Gasteiger partial charge is 0.347 e. The van der Waals surface area contributed by atoms with Crippen LogP contribution in [0, 0.1) is 6.92 Å². The number of nitrogens with zero attached hydrogens (tertiary/aromatic N) is 2. The first-order valence-electron chi connectivity index (χ1n) is 13.3. The highest BCUT2D eigenvalue weighted by Crippen LogP contribution is 2.52. The van der Waals surface area contributed by atoms with Gasteiger partial charge in [0.15, 0.2) is 5.71 Å². The van der Waals surface area contributed by atoms with E-state index in [1.165, 1.54) is 50.2 Å². The second-order valence-corrected chi connectivity index (χ2v) is 11.2. The molecule has 0 amide bonds. The molecule has 5 rings (SSSR count). The summed E-state index contributed by atoms with van der Waals surface area (Å²) < 4.78 is 2.52. The summed E-state index contributed by atoms with van der Waals surface area (Å²) in [5.74, 6) is 0. The molecular weight excluding hydrogens is 436 g/mol. The minimum Gasteiger partial charge on any atom is -0.347 e. The van der Waals surface area contributed by atoms with Crippen molar-refractivity contribution >= 4 is 27.9 Å². The Morgan fingerprint density at radius 2 is 1.81 bits per heavy atom. The molecule has 0 aromatic heterocycles. The Morgan fingerprint density at radius 1 is 1.03 bits per heavy atom. The normalized spacial score (nSPS) is 21.6. The van der Waals surface area contributed by atoms with Crippen LogP contribution in [-0.4, -0.2) is 23.9 Å². The first-order chi connectivity index (χ1) is 17.2. The van der Waals surface area contributed by atoms with Crippen LogP contribution in [-0.2, 0) is 10.8 Å². The molecule has 2 heterocycles. The number of anilines is 1. The van der Waals surface area contributed by atoms with E-state index in [-0.39, 0.29) is 10.8 Å². The molecule has 36 heavy (non-hydrogen) atoms. The first kappa shape index (κ1) is 24.3. The minimum atomic E-state index is -0.129. The number of benzene rings is 3. The highest BCUT2D eigenvalue weighted by Gasteiger charge is 2.45. The van der Waals surface area contributed by atoms with Crippen molar-refractivity contribution < 1.29 is 4.58 Å². The van der Waals surface area contributed by atoms with Crippen LogP contribution in [0.5, 0.6) is 0 Å². The molecule has 3 aromatic rings. The number of likely N-dealkylation sites (N-methyl/N-ethyl adjacent to an activating group) is 1. The molecule has 0 saturated heterocycles. The summed E-state index contributed by atoms with van der Waals surface area (Å²) in [6.45, 7) is 16.7. The van der Waals surface area contributed by atoms with Crippen molar-refractivity contribution in [2.24, 2.45) is 0 Å². The van der Waals surface area contributed by atoms with Gasteiger partial charge in [-0.3, -0.25) is 0 Å². The Hall–Kier alpha value is -3.39. The number of aryl methyl sites for hydroxylation is 1. The molecule has 2 heteroatoms. The molecule has 2 nitrogen and oxygen atoms in total. The molecule has 0 bridgehead atoms. The Balaban J connectivity index is 1.61. The maximum atomic E-state index is 4.13. The zero-order valence-electron chi connectivity index (χ0n) is 22.7. The molecule has 3 aromatic carbocycles. The van der Waals surface area contributed by atoms with E-state index in [4.69, 9.17) is 0 Å². The fourth-order valence-electron chi connectivity index (χ4n) is 6.52. The molecule has 0 saturated carbocycles. The van der Waals surface area contributed by atoms with Crippen molar-refractivity contribution in [1.29, 1.82) is 0 Å². The van der Waals surface area contributed by atoms with Gasteiger partial charge in [-0.2, -0.15) is 4.58 Å². The monoisotopic (exact) mass is 475 g/mol. The molecule has 0 spiro atoms. The van der Waals surface area contributed by atoms with E-state index in [0.29, 0.717) is 0 Å². The summed E-state index contributed by atoms with van der Waals surface area (Å²) in [7, 11) is 2.20. The van der Waals surface area contributed by atoms with Crippen LogP contribution < -0.4 is 4.90 Å². The van der Waals surface area contributed by atoms with E-state index < -0.39 is 0 Å². The summed E-state index contributed by atoms with van der Waals surface area (Å²) in [4.78, 5) is 2.38. The Morgan fingerprint density at radius 3 is 2.56 bits per heavy atom. The van der Waals surface area contributed by atoms with Gasteiger partial charge in [-0.25, -0.2) is 0 Å². The van der Waals surface area contributed by atoms with Crippen molar-refractivity contribution in [3.8, 4) is 0 Å². The molecule has 1 atom stereocenters. The van der Waals surface area contributed by atoms with Crippen LogP contribution in [0.25, 0.3) is 10.8 Å². The van der Waals surface area contributed by atoms with Gasteiger partial charge < -0.3 is 4.90 Å². The van der Waals surface area contributed by atoms with Gasteiger partial charge in [0.05, 0.1) is 5.41 Å². The summed E-state index contributed by atoms with van der Waals surface area (Å²) in [5.41, 5.74) is 9.34. The number of fused-ring (bicyclic) bond motifs is 4. The van der Waals surface area contributed by atoms with Crippen LogP contribution in [0.15, 0.2) is 91.2 Å². The van der Waals surface area contributed by atoms with Crippen molar-refractivity contribution in [3.05, 3.63) is 108 Å². The molecule has 0 radical (unpaired) electrons. The third-order valence-corrected chi connectivity index (χ3v) is 8.30.